The largest absolute Gasteiger partial charge is 0.352 e. The zero-order chi connectivity index (χ0) is 16.1. The van der Waals surface area contributed by atoms with Crippen molar-refractivity contribution in [1.82, 2.24) is 10.6 Å². The van der Waals surface area contributed by atoms with Gasteiger partial charge in [0.2, 0.25) is 0 Å². The average molecular weight is 310 g/mol. The van der Waals surface area contributed by atoms with Gasteiger partial charge >= 0.3 is 0 Å². The molecule has 1 aromatic rings. The number of benzene rings is 1. The summed E-state index contributed by atoms with van der Waals surface area (Å²) in [4.78, 5) is 12.3. The fraction of sp³-hybridized carbons (Fsp3) is 0.500. The Hall–Kier alpha value is -2.19. The van der Waals surface area contributed by atoms with Gasteiger partial charge in [0, 0.05) is 31.4 Å². The van der Waals surface area contributed by atoms with E-state index < -0.39 is 0 Å². The van der Waals surface area contributed by atoms with Crippen molar-refractivity contribution in [2.24, 2.45) is 10.2 Å². The molecule has 1 amide bonds. The first-order valence-corrected chi connectivity index (χ1v) is 8.21. The highest BCUT2D eigenvalue weighted by Crippen LogP contribution is 2.36. The van der Waals surface area contributed by atoms with E-state index in [0.717, 1.165) is 44.3 Å². The lowest BCUT2D eigenvalue weighted by molar-refractivity contribution is 0.0952. The third-order valence-corrected chi connectivity index (χ3v) is 4.47. The number of nitrogens with zero attached hydrogens (tertiary/aromatic N) is 2. The summed E-state index contributed by atoms with van der Waals surface area (Å²) in [5.41, 5.74) is 3.02. The summed E-state index contributed by atoms with van der Waals surface area (Å²) in [6, 6.07) is 6.02. The Labute approximate surface area is 137 Å². The number of nitrogens with one attached hydrogen (secondary N) is 2. The van der Waals surface area contributed by atoms with Gasteiger partial charge in [-0.25, -0.2) is 0 Å². The van der Waals surface area contributed by atoms with Gasteiger partial charge in [0.05, 0.1) is 0 Å². The lowest BCUT2D eigenvalue weighted by atomic mass is 9.99. The topological polar surface area (TPSA) is 65.8 Å². The van der Waals surface area contributed by atoms with Crippen molar-refractivity contribution in [3.63, 3.8) is 0 Å². The van der Waals surface area contributed by atoms with Crippen LogP contribution in [0.4, 0.5) is 0 Å². The Bertz CT molecular complexity index is 653. The molecule has 0 aliphatic carbocycles. The Balaban J connectivity index is 1.53. The van der Waals surface area contributed by atoms with Crippen LogP contribution in [0, 0.1) is 12.3 Å². The van der Waals surface area contributed by atoms with Gasteiger partial charge in [-0.15, -0.1) is 12.3 Å². The lowest BCUT2D eigenvalue weighted by Gasteiger charge is -2.11. The molecular formula is C18H22N4O. The van der Waals surface area contributed by atoms with E-state index >= 15 is 0 Å². The molecule has 5 nitrogen and oxygen atoms in total. The van der Waals surface area contributed by atoms with Crippen molar-refractivity contribution in [3.05, 3.63) is 34.9 Å². The highest BCUT2D eigenvalue weighted by Gasteiger charge is 2.38. The fourth-order valence-electron chi connectivity index (χ4n) is 2.96. The van der Waals surface area contributed by atoms with Crippen molar-refractivity contribution in [1.29, 1.82) is 0 Å². The van der Waals surface area contributed by atoms with Gasteiger partial charge in [-0.3, -0.25) is 4.79 Å². The molecule has 0 bridgehead atoms. The Morgan fingerprint density at radius 1 is 1.26 bits per heavy atom. The molecule has 2 N–H and O–H groups in total. The van der Waals surface area contributed by atoms with E-state index in [-0.39, 0.29) is 11.6 Å². The van der Waals surface area contributed by atoms with Crippen LogP contribution in [0.15, 0.2) is 28.4 Å². The molecule has 2 aliphatic heterocycles. The highest BCUT2D eigenvalue weighted by atomic mass is 16.1. The molecule has 120 valence electrons. The first-order chi connectivity index (χ1) is 11.2. The van der Waals surface area contributed by atoms with Gasteiger partial charge in [-0.05, 0) is 49.2 Å². The molecule has 0 unspecified atom stereocenters. The van der Waals surface area contributed by atoms with Crippen LogP contribution in [0.5, 0.6) is 0 Å². The van der Waals surface area contributed by atoms with Crippen LogP contribution in [0.1, 0.15) is 40.7 Å². The maximum Gasteiger partial charge on any atom is 0.251 e. The average Bonchev–Trinajstić information content (AvgIpc) is 3.36. The van der Waals surface area contributed by atoms with Crippen molar-refractivity contribution < 1.29 is 4.79 Å². The molecule has 1 aromatic carbocycles. The molecular weight excluding hydrogens is 288 g/mol. The second kappa shape index (κ2) is 6.93. The van der Waals surface area contributed by atoms with Crippen LogP contribution in [0.2, 0.25) is 0 Å². The Morgan fingerprint density at radius 2 is 2.04 bits per heavy atom. The van der Waals surface area contributed by atoms with E-state index in [4.69, 9.17) is 6.42 Å². The fourth-order valence-corrected chi connectivity index (χ4v) is 2.96. The van der Waals surface area contributed by atoms with Gasteiger partial charge in [0.25, 0.3) is 5.91 Å². The smallest absolute Gasteiger partial charge is 0.251 e. The third kappa shape index (κ3) is 3.96. The van der Waals surface area contributed by atoms with E-state index in [1.807, 2.05) is 12.1 Å². The standard InChI is InChI=1S/C18H22N4O/c1-2-3-8-18(21-22-18)9-12-20-17(23)16-5-4-14-6-10-19-11-7-15(14)13-16/h1,4-5,13,19H,3,6-12H2,(H,20,23). The minimum atomic E-state index is -0.334. The Morgan fingerprint density at radius 3 is 2.78 bits per heavy atom. The predicted octanol–water partition coefficient (Wildman–Crippen LogP) is 2.07. The molecule has 0 aromatic heterocycles. The first kappa shape index (κ1) is 15.7. The Kier molecular flexibility index (Phi) is 4.73. The molecule has 2 heterocycles. The summed E-state index contributed by atoms with van der Waals surface area (Å²) in [6.07, 6.45) is 9.43. The monoisotopic (exact) mass is 310 g/mol. The molecule has 23 heavy (non-hydrogen) atoms. The molecule has 0 radical (unpaired) electrons. The van der Waals surface area contributed by atoms with Crippen LogP contribution < -0.4 is 10.6 Å². The first-order valence-electron chi connectivity index (χ1n) is 8.21. The van der Waals surface area contributed by atoms with Crippen LogP contribution in [0.25, 0.3) is 0 Å². The van der Waals surface area contributed by atoms with Crippen molar-refractivity contribution in [2.45, 2.75) is 37.8 Å². The second-order valence-corrected chi connectivity index (χ2v) is 6.13. The zero-order valence-electron chi connectivity index (χ0n) is 13.3. The molecule has 0 spiro atoms. The number of carbonyl (C=O) groups is 1. The maximum atomic E-state index is 12.3. The molecule has 2 aliphatic rings. The van der Waals surface area contributed by atoms with E-state index in [1.54, 1.807) is 0 Å². The summed E-state index contributed by atoms with van der Waals surface area (Å²) in [7, 11) is 0. The number of terminal acetylenes is 1. The van der Waals surface area contributed by atoms with Gasteiger partial charge in [-0.1, -0.05) is 6.07 Å². The van der Waals surface area contributed by atoms with Crippen LogP contribution >= 0.6 is 0 Å². The SMILES string of the molecule is C#CCCC1(CCNC(=O)c2ccc3c(c2)CCNCC3)N=N1. The van der Waals surface area contributed by atoms with Crippen molar-refractivity contribution in [2.75, 3.05) is 19.6 Å². The number of hydrogen-bond acceptors (Lipinski definition) is 4. The minimum Gasteiger partial charge on any atom is -0.352 e. The normalized spacial score (nSPS) is 17.7. The number of carbonyl (C=O) groups excluding carboxylic acids is 1. The molecule has 0 saturated heterocycles. The predicted molar refractivity (Wildman–Crippen MR) is 89.3 cm³/mol. The van der Waals surface area contributed by atoms with E-state index in [2.05, 4.69) is 32.8 Å². The number of fused-ring (bicyclic) bond motifs is 1. The zero-order valence-corrected chi connectivity index (χ0v) is 13.3. The molecule has 0 atom stereocenters. The lowest BCUT2D eigenvalue weighted by Crippen LogP contribution is -2.28. The molecule has 3 rings (SSSR count). The maximum absolute atomic E-state index is 12.3. The molecule has 0 fully saturated rings. The number of rotatable bonds is 6. The van der Waals surface area contributed by atoms with E-state index in [9.17, 15) is 4.79 Å². The van der Waals surface area contributed by atoms with Crippen molar-refractivity contribution >= 4 is 5.91 Å². The molecule has 0 saturated carbocycles. The van der Waals surface area contributed by atoms with Gasteiger partial charge in [-0.2, -0.15) is 10.2 Å². The van der Waals surface area contributed by atoms with Crippen molar-refractivity contribution in [3.8, 4) is 12.3 Å². The van der Waals surface area contributed by atoms with Crippen LogP contribution in [-0.4, -0.2) is 31.2 Å². The minimum absolute atomic E-state index is 0.0299. The van der Waals surface area contributed by atoms with Gasteiger partial charge in [0.1, 0.15) is 0 Å². The third-order valence-electron chi connectivity index (χ3n) is 4.47. The molecule has 5 heteroatoms. The summed E-state index contributed by atoms with van der Waals surface area (Å²) in [5.74, 6) is 2.58. The number of hydrogen-bond donors (Lipinski definition) is 2. The quantitative estimate of drug-likeness (QED) is 0.790. The highest BCUT2D eigenvalue weighted by molar-refractivity contribution is 5.94. The van der Waals surface area contributed by atoms with Gasteiger partial charge in [0.15, 0.2) is 5.66 Å². The second-order valence-electron chi connectivity index (χ2n) is 6.13. The van der Waals surface area contributed by atoms with Gasteiger partial charge < -0.3 is 10.6 Å². The summed E-state index contributed by atoms with van der Waals surface area (Å²) in [6.45, 7) is 2.54. The van der Waals surface area contributed by atoms with Crippen LogP contribution in [0.3, 0.4) is 0 Å². The summed E-state index contributed by atoms with van der Waals surface area (Å²) in [5, 5.41) is 14.5. The van der Waals surface area contributed by atoms with E-state index in [1.165, 1.54) is 11.1 Å². The number of amides is 1. The summed E-state index contributed by atoms with van der Waals surface area (Å²) >= 11 is 0. The van der Waals surface area contributed by atoms with E-state index in [0.29, 0.717) is 13.0 Å². The van der Waals surface area contributed by atoms with Crippen LogP contribution in [-0.2, 0) is 12.8 Å². The summed E-state index contributed by atoms with van der Waals surface area (Å²) < 4.78 is 0.